The van der Waals surface area contributed by atoms with Gasteiger partial charge in [-0.05, 0) is 44.0 Å². The number of hydroxylamine groups is 2. The summed E-state index contributed by atoms with van der Waals surface area (Å²) >= 11 is 0. The lowest BCUT2D eigenvalue weighted by atomic mass is 10.1. The van der Waals surface area contributed by atoms with Crippen molar-refractivity contribution in [2.24, 2.45) is 0 Å². The van der Waals surface area contributed by atoms with Crippen LogP contribution in [0.4, 0.5) is 0 Å². The third-order valence-electron chi connectivity index (χ3n) is 3.30. The molecule has 1 amide bonds. The Morgan fingerprint density at radius 2 is 2.16 bits per heavy atom. The molecule has 1 aliphatic rings. The minimum atomic E-state index is -0.0674. The van der Waals surface area contributed by atoms with Gasteiger partial charge in [-0.25, -0.2) is 5.06 Å². The molecule has 98 valence electrons. The number of carbonyl (C=O) groups is 1. The molecular formula is C15H16N2O2. The number of carbonyl (C=O) groups excluding carboxylic acids is 1. The summed E-state index contributed by atoms with van der Waals surface area (Å²) in [6.07, 6.45) is 2.02. The summed E-state index contributed by atoms with van der Waals surface area (Å²) in [5, 5.41) is 2.44. The van der Waals surface area contributed by atoms with Crippen molar-refractivity contribution in [1.82, 2.24) is 10.0 Å². The molecule has 1 aromatic heterocycles. The largest absolute Gasteiger partial charge is 0.277 e. The van der Waals surface area contributed by atoms with Gasteiger partial charge in [0.25, 0.3) is 5.91 Å². The minimum Gasteiger partial charge on any atom is -0.271 e. The van der Waals surface area contributed by atoms with E-state index in [1.165, 1.54) is 5.06 Å². The van der Waals surface area contributed by atoms with E-state index < -0.39 is 0 Å². The van der Waals surface area contributed by atoms with E-state index in [2.05, 4.69) is 4.98 Å². The van der Waals surface area contributed by atoms with Gasteiger partial charge in [0.05, 0.1) is 12.1 Å². The van der Waals surface area contributed by atoms with Crippen LogP contribution in [0.25, 0.3) is 10.9 Å². The van der Waals surface area contributed by atoms with Crippen LogP contribution in [0.2, 0.25) is 0 Å². The van der Waals surface area contributed by atoms with Crippen molar-refractivity contribution in [3.8, 4) is 0 Å². The van der Waals surface area contributed by atoms with Crippen molar-refractivity contribution >= 4 is 16.8 Å². The topological polar surface area (TPSA) is 42.4 Å². The molecule has 0 spiro atoms. The van der Waals surface area contributed by atoms with E-state index in [4.69, 9.17) is 4.84 Å². The summed E-state index contributed by atoms with van der Waals surface area (Å²) in [7, 11) is 0. The number of rotatable bonds is 1. The van der Waals surface area contributed by atoms with Gasteiger partial charge in [-0.3, -0.25) is 14.6 Å². The van der Waals surface area contributed by atoms with E-state index in [9.17, 15) is 4.79 Å². The average molecular weight is 256 g/mol. The van der Waals surface area contributed by atoms with Gasteiger partial charge in [-0.2, -0.15) is 0 Å². The van der Waals surface area contributed by atoms with E-state index in [1.807, 2.05) is 37.3 Å². The third-order valence-corrected chi connectivity index (χ3v) is 3.30. The highest BCUT2D eigenvalue weighted by atomic mass is 16.7. The third kappa shape index (κ3) is 2.44. The lowest BCUT2D eigenvalue weighted by Crippen LogP contribution is -2.35. The zero-order valence-electron chi connectivity index (χ0n) is 10.9. The van der Waals surface area contributed by atoms with Gasteiger partial charge in [-0.15, -0.1) is 0 Å². The van der Waals surface area contributed by atoms with Crippen LogP contribution in [0.15, 0.2) is 30.3 Å². The second-order valence-electron chi connectivity index (χ2n) is 4.81. The fourth-order valence-corrected chi connectivity index (χ4v) is 2.26. The molecule has 0 unspecified atom stereocenters. The monoisotopic (exact) mass is 256 g/mol. The number of pyridine rings is 1. The summed E-state index contributed by atoms with van der Waals surface area (Å²) in [5.74, 6) is -0.0674. The second-order valence-corrected chi connectivity index (χ2v) is 4.81. The molecule has 0 bridgehead atoms. The lowest BCUT2D eigenvalue weighted by Gasteiger charge is -2.25. The van der Waals surface area contributed by atoms with E-state index >= 15 is 0 Å². The molecule has 2 aromatic rings. The van der Waals surface area contributed by atoms with Gasteiger partial charge >= 0.3 is 0 Å². The first kappa shape index (κ1) is 12.1. The predicted molar refractivity (Wildman–Crippen MR) is 72.7 cm³/mol. The predicted octanol–water partition coefficient (Wildman–Crippen LogP) is 2.71. The molecule has 4 heteroatoms. The van der Waals surface area contributed by atoms with Gasteiger partial charge in [0.2, 0.25) is 0 Å². The maximum Gasteiger partial charge on any atom is 0.277 e. The van der Waals surface area contributed by atoms with Crippen molar-refractivity contribution in [3.05, 3.63) is 41.6 Å². The molecule has 1 fully saturated rings. The molecule has 4 nitrogen and oxygen atoms in total. The van der Waals surface area contributed by atoms with Crippen LogP contribution >= 0.6 is 0 Å². The fraction of sp³-hybridized carbons (Fsp3) is 0.333. The van der Waals surface area contributed by atoms with Crippen molar-refractivity contribution in [2.45, 2.75) is 19.8 Å². The van der Waals surface area contributed by atoms with Gasteiger partial charge in [0.1, 0.15) is 0 Å². The van der Waals surface area contributed by atoms with Crippen LogP contribution in [0.5, 0.6) is 0 Å². The number of nitrogens with zero attached hydrogens (tertiary/aromatic N) is 2. The number of hydrogen-bond acceptors (Lipinski definition) is 3. The van der Waals surface area contributed by atoms with Crippen molar-refractivity contribution in [3.63, 3.8) is 0 Å². The number of amides is 1. The molecule has 0 N–H and O–H groups in total. The molecule has 1 aromatic carbocycles. The van der Waals surface area contributed by atoms with Crippen LogP contribution in [0.1, 0.15) is 28.9 Å². The Labute approximate surface area is 112 Å². The number of aryl methyl sites for hydroxylation is 1. The Hall–Kier alpha value is -1.94. The maximum atomic E-state index is 12.3. The first-order valence-electron chi connectivity index (χ1n) is 6.56. The van der Waals surface area contributed by atoms with Crippen LogP contribution in [-0.2, 0) is 4.84 Å². The van der Waals surface area contributed by atoms with Gasteiger partial charge in [0.15, 0.2) is 0 Å². The average Bonchev–Trinajstić information content (AvgIpc) is 2.47. The SMILES string of the molecule is Cc1ccc2cc(C(=O)N3CCCCO3)ccc2n1. The minimum absolute atomic E-state index is 0.0674. The first-order chi connectivity index (χ1) is 9.24. The summed E-state index contributed by atoms with van der Waals surface area (Å²) in [4.78, 5) is 22.1. The van der Waals surface area contributed by atoms with Crippen molar-refractivity contribution < 1.29 is 9.63 Å². The molecular weight excluding hydrogens is 240 g/mol. The van der Waals surface area contributed by atoms with Gasteiger partial charge < -0.3 is 0 Å². The molecule has 0 saturated carbocycles. The fourth-order valence-electron chi connectivity index (χ4n) is 2.26. The van der Waals surface area contributed by atoms with E-state index in [0.29, 0.717) is 18.7 Å². The molecule has 0 radical (unpaired) electrons. The summed E-state index contributed by atoms with van der Waals surface area (Å²) in [5.41, 5.74) is 2.54. The lowest BCUT2D eigenvalue weighted by molar-refractivity contribution is -0.144. The van der Waals surface area contributed by atoms with E-state index in [1.54, 1.807) is 0 Å². The molecule has 2 heterocycles. The number of fused-ring (bicyclic) bond motifs is 1. The normalized spacial score (nSPS) is 15.7. The zero-order valence-corrected chi connectivity index (χ0v) is 10.9. The maximum absolute atomic E-state index is 12.3. The van der Waals surface area contributed by atoms with Crippen molar-refractivity contribution in [1.29, 1.82) is 0 Å². The Morgan fingerprint density at radius 3 is 2.95 bits per heavy atom. The van der Waals surface area contributed by atoms with Gasteiger partial charge in [-0.1, -0.05) is 6.07 Å². The first-order valence-corrected chi connectivity index (χ1v) is 6.56. The number of aromatic nitrogens is 1. The van der Waals surface area contributed by atoms with Crippen LogP contribution in [0, 0.1) is 6.92 Å². The number of benzene rings is 1. The molecule has 19 heavy (non-hydrogen) atoms. The smallest absolute Gasteiger partial charge is 0.271 e. The molecule has 1 saturated heterocycles. The van der Waals surface area contributed by atoms with Crippen LogP contribution < -0.4 is 0 Å². The van der Waals surface area contributed by atoms with Crippen LogP contribution in [0.3, 0.4) is 0 Å². The van der Waals surface area contributed by atoms with Crippen molar-refractivity contribution in [2.75, 3.05) is 13.2 Å². The summed E-state index contributed by atoms with van der Waals surface area (Å²) in [6, 6.07) is 9.52. The summed E-state index contributed by atoms with van der Waals surface area (Å²) in [6.45, 7) is 3.25. The highest BCUT2D eigenvalue weighted by Crippen LogP contribution is 2.17. The standard InChI is InChI=1S/C15H16N2O2/c1-11-4-5-12-10-13(6-7-14(12)16-11)15(18)17-8-2-3-9-19-17/h4-7,10H,2-3,8-9H2,1H3. The molecule has 3 rings (SSSR count). The molecule has 1 aliphatic heterocycles. The highest BCUT2D eigenvalue weighted by Gasteiger charge is 2.19. The van der Waals surface area contributed by atoms with Crippen LogP contribution in [-0.4, -0.2) is 29.1 Å². The Kier molecular flexibility index (Phi) is 3.17. The molecule has 0 atom stereocenters. The highest BCUT2D eigenvalue weighted by molar-refractivity contribution is 5.97. The van der Waals surface area contributed by atoms with E-state index in [-0.39, 0.29) is 5.91 Å². The number of hydrogen-bond donors (Lipinski definition) is 0. The quantitative estimate of drug-likeness (QED) is 0.787. The molecule has 0 aliphatic carbocycles. The second kappa shape index (κ2) is 4.97. The Balaban J connectivity index is 1.92. The van der Waals surface area contributed by atoms with Gasteiger partial charge in [0, 0.05) is 23.2 Å². The Bertz CT molecular complexity index is 619. The zero-order chi connectivity index (χ0) is 13.2. The van der Waals surface area contributed by atoms with E-state index in [0.717, 1.165) is 29.4 Å². The summed E-state index contributed by atoms with van der Waals surface area (Å²) < 4.78 is 0. The Morgan fingerprint density at radius 1 is 1.26 bits per heavy atom.